The molecule has 0 aliphatic rings. The fourth-order valence-electron chi connectivity index (χ4n) is 2.16. The van der Waals surface area contributed by atoms with E-state index < -0.39 is 6.10 Å². The monoisotopic (exact) mass is 302 g/mol. The van der Waals surface area contributed by atoms with Gasteiger partial charge in [-0.25, -0.2) is 4.79 Å². The zero-order chi connectivity index (χ0) is 15.9. The van der Waals surface area contributed by atoms with Crippen LogP contribution in [0.5, 0.6) is 0 Å². The molecule has 1 aromatic carbocycles. The number of carbonyl (C=O) groups excluding carboxylic acids is 1. The summed E-state index contributed by atoms with van der Waals surface area (Å²) in [5.41, 5.74) is 1.98. The van der Waals surface area contributed by atoms with Crippen LogP contribution in [-0.2, 0) is 13.5 Å². The second-order valence-electron chi connectivity index (χ2n) is 5.37. The van der Waals surface area contributed by atoms with Crippen LogP contribution in [0.3, 0.4) is 0 Å². The highest BCUT2D eigenvalue weighted by molar-refractivity contribution is 5.74. The third-order valence-corrected chi connectivity index (χ3v) is 3.38. The Kier molecular flexibility index (Phi) is 5.55. The summed E-state index contributed by atoms with van der Waals surface area (Å²) in [5, 5.41) is 19.5. The Balaban J connectivity index is 1.73. The normalized spacial score (nSPS) is 13.4. The summed E-state index contributed by atoms with van der Waals surface area (Å²) < 4.78 is 1.69. The van der Waals surface area contributed by atoms with Crippen molar-refractivity contribution in [1.82, 2.24) is 20.4 Å². The van der Waals surface area contributed by atoms with Crippen LogP contribution in [0, 0.1) is 0 Å². The summed E-state index contributed by atoms with van der Waals surface area (Å²) in [6, 6.07) is 9.25. The van der Waals surface area contributed by atoms with Gasteiger partial charge in [-0.3, -0.25) is 4.68 Å². The second-order valence-corrected chi connectivity index (χ2v) is 5.37. The number of amides is 2. The smallest absolute Gasteiger partial charge is 0.315 e. The molecular formula is C16H22N4O2. The Bertz CT molecular complexity index is 597. The third kappa shape index (κ3) is 4.89. The van der Waals surface area contributed by atoms with Crippen LogP contribution < -0.4 is 10.6 Å². The van der Waals surface area contributed by atoms with Gasteiger partial charge in [0.25, 0.3) is 0 Å². The molecule has 3 N–H and O–H groups in total. The van der Waals surface area contributed by atoms with E-state index >= 15 is 0 Å². The summed E-state index contributed by atoms with van der Waals surface area (Å²) in [4.78, 5) is 11.8. The van der Waals surface area contributed by atoms with Crippen molar-refractivity contribution in [3.63, 3.8) is 0 Å². The van der Waals surface area contributed by atoms with Crippen molar-refractivity contribution in [3.8, 4) is 0 Å². The summed E-state index contributed by atoms with van der Waals surface area (Å²) in [5.74, 6) is 0. The molecule has 0 aliphatic carbocycles. The quantitative estimate of drug-likeness (QED) is 0.754. The number of aromatic nitrogens is 2. The predicted molar refractivity (Wildman–Crippen MR) is 84.3 cm³/mol. The minimum Gasteiger partial charge on any atom is -0.391 e. The third-order valence-electron chi connectivity index (χ3n) is 3.38. The standard InChI is InChI=1S/C16H22N4O2/c1-12(14-9-18-20(2)11-14)19-16(22)17-10-15(21)8-13-6-4-3-5-7-13/h3-7,9,11-12,15,21H,8,10H2,1-2H3,(H2,17,19,22). The summed E-state index contributed by atoms with van der Waals surface area (Å²) >= 11 is 0. The van der Waals surface area contributed by atoms with E-state index in [1.54, 1.807) is 10.9 Å². The first-order valence-corrected chi connectivity index (χ1v) is 7.29. The topological polar surface area (TPSA) is 79.2 Å². The first-order valence-electron chi connectivity index (χ1n) is 7.29. The maximum absolute atomic E-state index is 11.8. The highest BCUT2D eigenvalue weighted by Gasteiger charge is 2.12. The minimum absolute atomic E-state index is 0.139. The number of urea groups is 1. The fraction of sp³-hybridized carbons (Fsp3) is 0.375. The second kappa shape index (κ2) is 7.61. The maximum Gasteiger partial charge on any atom is 0.315 e. The van der Waals surface area contributed by atoms with Gasteiger partial charge in [0.15, 0.2) is 0 Å². The van der Waals surface area contributed by atoms with Crippen molar-refractivity contribution >= 4 is 6.03 Å². The lowest BCUT2D eigenvalue weighted by Crippen LogP contribution is -2.41. The zero-order valence-corrected chi connectivity index (χ0v) is 12.9. The molecule has 0 radical (unpaired) electrons. The van der Waals surface area contributed by atoms with Gasteiger partial charge in [0.2, 0.25) is 0 Å². The molecule has 0 bridgehead atoms. The first-order chi connectivity index (χ1) is 10.5. The van der Waals surface area contributed by atoms with Crippen LogP contribution in [0.15, 0.2) is 42.7 Å². The molecule has 118 valence electrons. The lowest BCUT2D eigenvalue weighted by atomic mass is 10.1. The van der Waals surface area contributed by atoms with E-state index in [0.717, 1.165) is 11.1 Å². The molecule has 2 unspecified atom stereocenters. The molecule has 1 heterocycles. The van der Waals surface area contributed by atoms with Crippen LogP contribution in [0.25, 0.3) is 0 Å². The molecule has 2 rings (SSSR count). The Hall–Kier alpha value is -2.34. The Morgan fingerprint density at radius 3 is 2.73 bits per heavy atom. The average Bonchev–Trinajstić information content (AvgIpc) is 2.93. The van der Waals surface area contributed by atoms with Crippen LogP contribution in [0.1, 0.15) is 24.1 Å². The van der Waals surface area contributed by atoms with Gasteiger partial charge >= 0.3 is 6.03 Å². The molecule has 0 aliphatic heterocycles. The number of benzene rings is 1. The summed E-state index contributed by atoms with van der Waals surface area (Å²) in [7, 11) is 1.83. The van der Waals surface area contributed by atoms with Gasteiger partial charge < -0.3 is 15.7 Å². The van der Waals surface area contributed by atoms with Crippen molar-refractivity contribution in [1.29, 1.82) is 0 Å². The number of aliphatic hydroxyl groups excluding tert-OH is 1. The number of carbonyl (C=O) groups is 1. The molecule has 1 aromatic heterocycles. The lowest BCUT2D eigenvalue weighted by Gasteiger charge is -2.15. The Morgan fingerprint density at radius 1 is 1.36 bits per heavy atom. The number of rotatable bonds is 6. The van der Waals surface area contributed by atoms with Crippen LogP contribution >= 0.6 is 0 Å². The molecular weight excluding hydrogens is 280 g/mol. The van der Waals surface area contributed by atoms with E-state index in [1.807, 2.05) is 50.5 Å². The first kappa shape index (κ1) is 16.0. The van der Waals surface area contributed by atoms with E-state index in [4.69, 9.17) is 0 Å². The molecule has 2 atom stereocenters. The molecule has 0 saturated heterocycles. The maximum atomic E-state index is 11.8. The van der Waals surface area contributed by atoms with E-state index in [0.29, 0.717) is 6.42 Å². The number of aliphatic hydroxyl groups is 1. The van der Waals surface area contributed by atoms with Gasteiger partial charge in [0.1, 0.15) is 0 Å². The van der Waals surface area contributed by atoms with E-state index in [-0.39, 0.29) is 18.6 Å². The minimum atomic E-state index is -0.609. The van der Waals surface area contributed by atoms with Gasteiger partial charge in [-0.2, -0.15) is 5.10 Å². The van der Waals surface area contributed by atoms with Gasteiger partial charge in [0.05, 0.1) is 18.3 Å². The molecule has 6 heteroatoms. The molecule has 0 spiro atoms. The SMILES string of the molecule is CC(NC(=O)NCC(O)Cc1ccccc1)c1cnn(C)c1. The van der Waals surface area contributed by atoms with Crippen molar-refractivity contribution in [2.45, 2.75) is 25.5 Å². The van der Waals surface area contributed by atoms with E-state index in [1.165, 1.54) is 0 Å². The van der Waals surface area contributed by atoms with Crippen LogP contribution in [-0.4, -0.2) is 33.6 Å². The number of nitrogens with zero attached hydrogens (tertiary/aromatic N) is 2. The molecule has 0 fully saturated rings. The molecule has 0 saturated carbocycles. The lowest BCUT2D eigenvalue weighted by molar-refractivity contribution is 0.170. The largest absolute Gasteiger partial charge is 0.391 e. The highest BCUT2D eigenvalue weighted by Crippen LogP contribution is 2.09. The van der Waals surface area contributed by atoms with Gasteiger partial charge in [0, 0.05) is 31.8 Å². The predicted octanol–water partition coefficient (Wildman–Crippen LogP) is 1.38. The Morgan fingerprint density at radius 2 is 2.09 bits per heavy atom. The van der Waals surface area contributed by atoms with E-state index in [9.17, 15) is 9.90 Å². The zero-order valence-electron chi connectivity index (χ0n) is 12.9. The van der Waals surface area contributed by atoms with Crippen LogP contribution in [0.4, 0.5) is 4.79 Å². The number of aryl methyl sites for hydroxylation is 1. The molecule has 2 amide bonds. The van der Waals surface area contributed by atoms with Gasteiger partial charge in [-0.05, 0) is 12.5 Å². The average molecular weight is 302 g/mol. The molecule has 2 aromatic rings. The number of hydrogen-bond acceptors (Lipinski definition) is 3. The summed E-state index contributed by atoms with van der Waals surface area (Å²) in [6.07, 6.45) is 3.48. The fourth-order valence-corrected chi connectivity index (χ4v) is 2.16. The van der Waals surface area contributed by atoms with E-state index in [2.05, 4.69) is 15.7 Å². The van der Waals surface area contributed by atoms with Crippen molar-refractivity contribution < 1.29 is 9.90 Å². The number of hydrogen-bond donors (Lipinski definition) is 3. The molecule has 22 heavy (non-hydrogen) atoms. The van der Waals surface area contributed by atoms with Gasteiger partial charge in [-0.15, -0.1) is 0 Å². The molecule has 6 nitrogen and oxygen atoms in total. The number of nitrogens with one attached hydrogen (secondary N) is 2. The van der Waals surface area contributed by atoms with Crippen molar-refractivity contribution in [2.75, 3.05) is 6.54 Å². The Labute approximate surface area is 130 Å². The highest BCUT2D eigenvalue weighted by atomic mass is 16.3. The van der Waals surface area contributed by atoms with Crippen LogP contribution in [0.2, 0.25) is 0 Å². The van der Waals surface area contributed by atoms with Gasteiger partial charge in [-0.1, -0.05) is 30.3 Å². The summed E-state index contributed by atoms with van der Waals surface area (Å²) in [6.45, 7) is 2.09. The van der Waals surface area contributed by atoms with Crippen molar-refractivity contribution in [3.05, 3.63) is 53.9 Å². The van der Waals surface area contributed by atoms with Crippen molar-refractivity contribution in [2.24, 2.45) is 7.05 Å².